The first-order chi connectivity index (χ1) is 8.13. The van der Waals surface area contributed by atoms with E-state index < -0.39 is 5.60 Å². The van der Waals surface area contributed by atoms with E-state index in [4.69, 9.17) is 0 Å². The fraction of sp³-hybridized carbons (Fsp3) is 0.929. The van der Waals surface area contributed by atoms with Crippen LogP contribution in [0.5, 0.6) is 0 Å². The fourth-order valence-corrected chi connectivity index (χ4v) is 2.80. The first-order valence-electron chi connectivity index (χ1n) is 7.13. The van der Waals surface area contributed by atoms with Crippen LogP contribution in [-0.2, 0) is 4.79 Å². The van der Waals surface area contributed by atoms with Crippen molar-refractivity contribution < 1.29 is 9.90 Å². The van der Waals surface area contributed by atoms with Crippen LogP contribution in [0.15, 0.2) is 0 Å². The molecule has 2 fully saturated rings. The summed E-state index contributed by atoms with van der Waals surface area (Å²) in [4.78, 5) is 14.1. The van der Waals surface area contributed by atoms with Crippen molar-refractivity contribution in [1.29, 1.82) is 0 Å². The maximum atomic E-state index is 12.2. The third kappa shape index (κ3) is 3.70. The third-order valence-electron chi connectivity index (χ3n) is 4.17. The molecule has 0 aromatic heterocycles. The molecule has 0 spiro atoms. The Labute approximate surface area is 104 Å². The Bertz CT molecular complexity index is 267. The predicted octanol–water partition coefficient (Wildman–Crippen LogP) is 2.33. The van der Waals surface area contributed by atoms with Crippen LogP contribution in [0.3, 0.4) is 0 Å². The third-order valence-corrected chi connectivity index (χ3v) is 4.17. The first kappa shape index (κ1) is 12.9. The van der Waals surface area contributed by atoms with Gasteiger partial charge in [0, 0.05) is 13.1 Å². The van der Waals surface area contributed by atoms with Crippen LogP contribution >= 0.6 is 0 Å². The van der Waals surface area contributed by atoms with Gasteiger partial charge in [0.25, 0.3) is 0 Å². The maximum absolute atomic E-state index is 12.2. The lowest BCUT2D eigenvalue weighted by molar-refractivity contribution is -0.137. The van der Waals surface area contributed by atoms with E-state index in [1.807, 2.05) is 11.8 Å². The van der Waals surface area contributed by atoms with E-state index in [1.165, 1.54) is 19.3 Å². The zero-order chi connectivity index (χ0) is 12.3. The number of carbonyl (C=O) groups is 1. The molecule has 1 N–H and O–H groups in total. The van der Waals surface area contributed by atoms with Gasteiger partial charge in [0.15, 0.2) is 0 Å². The minimum atomic E-state index is -0.702. The van der Waals surface area contributed by atoms with Crippen molar-refractivity contribution in [3.63, 3.8) is 0 Å². The van der Waals surface area contributed by atoms with Gasteiger partial charge in [-0.05, 0) is 38.5 Å². The summed E-state index contributed by atoms with van der Waals surface area (Å²) in [5, 5.41) is 10.4. The van der Waals surface area contributed by atoms with Crippen molar-refractivity contribution in [2.45, 2.75) is 63.9 Å². The molecule has 0 aromatic rings. The highest BCUT2D eigenvalue weighted by Crippen LogP contribution is 2.33. The van der Waals surface area contributed by atoms with Crippen molar-refractivity contribution in [2.24, 2.45) is 5.92 Å². The molecule has 0 radical (unpaired) electrons. The van der Waals surface area contributed by atoms with Crippen LogP contribution in [0.4, 0.5) is 0 Å². The van der Waals surface area contributed by atoms with Gasteiger partial charge in [0.05, 0.1) is 12.0 Å². The van der Waals surface area contributed by atoms with Crippen molar-refractivity contribution in [3.8, 4) is 0 Å². The summed E-state index contributed by atoms with van der Waals surface area (Å²) in [6, 6.07) is 0. The Morgan fingerprint density at radius 1 is 1.29 bits per heavy atom. The zero-order valence-electron chi connectivity index (χ0n) is 11.0. The molecule has 2 aliphatic carbocycles. The molecule has 3 heteroatoms. The van der Waals surface area contributed by atoms with Crippen molar-refractivity contribution >= 4 is 5.91 Å². The van der Waals surface area contributed by atoms with E-state index in [-0.39, 0.29) is 5.91 Å². The Kier molecular flexibility index (Phi) is 4.08. The van der Waals surface area contributed by atoms with E-state index in [9.17, 15) is 9.90 Å². The van der Waals surface area contributed by atoms with Gasteiger partial charge in [0.1, 0.15) is 0 Å². The lowest BCUT2D eigenvalue weighted by Crippen LogP contribution is -2.41. The average molecular weight is 239 g/mol. The second-order valence-corrected chi connectivity index (χ2v) is 5.84. The molecule has 17 heavy (non-hydrogen) atoms. The number of nitrogens with zero attached hydrogens (tertiary/aromatic N) is 1. The normalized spacial score (nSPS) is 23.4. The molecule has 0 unspecified atom stereocenters. The molecule has 0 bridgehead atoms. The van der Waals surface area contributed by atoms with E-state index in [0.717, 1.165) is 44.7 Å². The van der Waals surface area contributed by atoms with Crippen LogP contribution in [0, 0.1) is 5.92 Å². The molecule has 0 atom stereocenters. The van der Waals surface area contributed by atoms with Gasteiger partial charge in [0.2, 0.25) is 5.91 Å². The highest BCUT2D eigenvalue weighted by molar-refractivity contribution is 5.77. The summed E-state index contributed by atoms with van der Waals surface area (Å²) < 4.78 is 0. The molecule has 0 heterocycles. The van der Waals surface area contributed by atoms with Crippen LogP contribution in [0.25, 0.3) is 0 Å². The lowest BCUT2D eigenvalue weighted by atomic mass is 9.82. The van der Waals surface area contributed by atoms with Gasteiger partial charge in [-0.25, -0.2) is 0 Å². The number of carbonyl (C=O) groups excluding carboxylic acids is 1. The van der Waals surface area contributed by atoms with Crippen LogP contribution in [0.1, 0.15) is 58.3 Å². The number of aliphatic hydroxyl groups is 1. The average Bonchev–Trinajstić information content (AvgIpc) is 3.09. The molecular weight excluding hydrogens is 214 g/mol. The number of hydrogen-bond donors (Lipinski definition) is 1. The van der Waals surface area contributed by atoms with Gasteiger partial charge in [-0.3, -0.25) is 4.79 Å². The Morgan fingerprint density at radius 3 is 2.47 bits per heavy atom. The van der Waals surface area contributed by atoms with E-state index in [2.05, 4.69) is 0 Å². The van der Waals surface area contributed by atoms with Crippen molar-refractivity contribution in [1.82, 2.24) is 4.90 Å². The standard InChI is InChI=1S/C14H25NO2/c1-2-15(11-12-6-7-12)13(16)10-14(17)8-4-3-5-9-14/h12,17H,2-11H2,1H3. The van der Waals surface area contributed by atoms with E-state index >= 15 is 0 Å². The van der Waals surface area contributed by atoms with Crippen LogP contribution < -0.4 is 0 Å². The molecule has 2 rings (SSSR count). The maximum Gasteiger partial charge on any atom is 0.225 e. The molecule has 3 nitrogen and oxygen atoms in total. The molecule has 1 amide bonds. The van der Waals surface area contributed by atoms with Crippen molar-refractivity contribution in [3.05, 3.63) is 0 Å². The highest BCUT2D eigenvalue weighted by Gasteiger charge is 2.34. The molecule has 2 saturated carbocycles. The summed E-state index contributed by atoms with van der Waals surface area (Å²) in [5.74, 6) is 0.892. The summed E-state index contributed by atoms with van der Waals surface area (Å²) in [6.45, 7) is 3.72. The minimum Gasteiger partial charge on any atom is -0.389 e. The molecular formula is C14H25NO2. The topological polar surface area (TPSA) is 40.5 Å². The first-order valence-corrected chi connectivity index (χ1v) is 7.13. The van der Waals surface area contributed by atoms with E-state index in [0.29, 0.717) is 6.42 Å². The molecule has 0 saturated heterocycles. The largest absolute Gasteiger partial charge is 0.389 e. The molecule has 0 aliphatic heterocycles. The second kappa shape index (κ2) is 5.38. The SMILES string of the molecule is CCN(CC1CC1)C(=O)CC1(O)CCCCC1. The molecule has 2 aliphatic rings. The van der Waals surface area contributed by atoms with Gasteiger partial charge in [-0.2, -0.15) is 0 Å². The van der Waals surface area contributed by atoms with Gasteiger partial charge >= 0.3 is 0 Å². The Balaban J connectivity index is 1.84. The summed E-state index contributed by atoms with van der Waals surface area (Å²) in [7, 11) is 0. The Hall–Kier alpha value is -0.570. The van der Waals surface area contributed by atoms with Gasteiger partial charge < -0.3 is 10.0 Å². The van der Waals surface area contributed by atoms with Gasteiger partial charge in [-0.1, -0.05) is 19.3 Å². The quantitative estimate of drug-likeness (QED) is 0.800. The number of hydrogen-bond acceptors (Lipinski definition) is 2. The minimum absolute atomic E-state index is 0.156. The second-order valence-electron chi connectivity index (χ2n) is 5.84. The van der Waals surface area contributed by atoms with Crippen molar-refractivity contribution in [2.75, 3.05) is 13.1 Å². The smallest absolute Gasteiger partial charge is 0.225 e. The lowest BCUT2D eigenvalue weighted by Gasteiger charge is -2.33. The number of rotatable bonds is 5. The fourth-order valence-electron chi connectivity index (χ4n) is 2.80. The highest BCUT2D eigenvalue weighted by atomic mass is 16.3. The predicted molar refractivity (Wildman–Crippen MR) is 67.6 cm³/mol. The van der Waals surface area contributed by atoms with Crippen LogP contribution in [0.2, 0.25) is 0 Å². The van der Waals surface area contributed by atoms with Crippen LogP contribution in [-0.4, -0.2) is 34.6 Å². The monoisotopic (exact) mass is 239 g/mol. The summed E-state index contributed by atoms with van der Waals surface area (Å²) in [5.41, 5.74) is -0.702. The molecule has 98 valence electrons. The zero-order valence-corrected chi connectivity index (χ0v) is 11.0. The summed E-state index contributed by atoms with van der Waals surface area (Å²) in [6.07, 6.45) is 7.84. The number of amides is 1. The Morgan fingerprint density at radius 2 is 1.94 bits per heavy atom. The van der Waals surface area contributed by atoms with Gasteiger partial charge in [-0.15, -0.1) is 0 Å². The molecule has 0 aromatic carbocycles. The summed E-state index contributed by atoms with van der Waals surface area (Å²) >= 11 is 0. The van der Waals surface area contributed by atoms with E-state index in [1.54, 1.807) is 0 Å².